The molecule has 0 spiro atoms. The lowest BCUT2D eigenvalue weighted by molar-refractivity contribution is -0.138. The third kappa shape index (κ3) is 5.36. The van der Waals surface area contributed by atoms with Gasteiger partial charge in [-0.25, -0.2) is 4.79 Å². The third-order valence-corrected chi connectivity index (χ3v) is 4.10. The van der Waals surface area contributed by atoms with Crippen LogP contribution in [0, 0.1) is 0 Å². The lowest BCUT2D eigenvalue weighted by Crippen LogP contribution is -2.00. The van der Waals surface area contributed by atoms with Gasteiger partial charge in [0, 0.05) is 17.8 Å². The van der Waals surface area contributed by atoms with Crippen molar-refractivity contribution in [1.82, 2.24) is 4.98 Å². The van der Waals surface area contributed by atoms with E-state index >= 15 is 0 Å². The highest BCUT2D eigenvalue weighted by molar-refractivity contribution is 5.86. The van der Waals surface area contributed by atoms with Crippen LogP contribution in [0.1, 0.15) is 29.8 Å². The molecule has 1 N–H and O–H groups in total. The van der Waals surface area contributed by atoms with Crippen molar-refractivity contribution in [1.29, 1.82) is 0 Å². The molecule has 0 bridgehead atoms. The number of hydrogen-bond acceptors (Lipinski definition) is 4. The molecule has 136 valence electrons. The molecule has 0 unspecified atom stereocenters. The van der Waals surface area contributed by atoms with Crippen LogP contribution in [0.3, 0.4) is 0 Å². The highest BCUT2D eigenvalue weighted by Crippen LogP contribution is 2.23. The van der Waals surface area contributed by atoms with Gasteiger partial charge in [0.25, 0.3) is 0 Å². The van der Waals surface area contributed by atoms with Gasteiger partial charge in [-0.05, 0) is 41.8 Å². The van der Waals surface area contributed by atoms with Crippen molar-refractivity contribution in [3.63, 3.8) is 0 Å². The second-order valence-electron chi connectivity index (χ2n) is 6.20. The molecule has 0 saturated carbocycles. The predicted molar refractivity (Wildman–Crippen MR) is 106 cm³/mol. The third-order valence-electron chi connectivity index (χ3n) is 4.10. The summed E-state index contributed by atoms with van der Waals surface area (Å²) in [6, 6.07) is 21.0. The van der Waals surface area contributed by atoms with Crippen molar-refractivity contribution >= 4 is 12.0 Å². The van der Waals surface area contributed by atoms with Crippen LogP contribution in [0.15, 0.2) is 79.0 Å². The highest BCUT2D eigenvalue weighted by atomic mass is 16.5. The molecular weight excluding hydrogens is 338 g/mol. The molecule has 27 heavy (non-hydrogen) atoms. The zero-order valence-electron chi connectivity index (χ0n) is 15.1. The van der Waals surface area contributed by atoms with Gasteiger partial charge in [0.15, 0.2) is 0 Å². The van der Waals surface area contributed by atoms with Crippen LogP contribution in [0.2, 0.25) is 0 Å². The summed E-state index contributed by atoms with van der Waals surface area (Å²) in [5, 5.41) is 9.71. The summed E-state index contributed by atoms with van der Waals surface area (Å²) >= 11 is 0. The molecule has 2 aromatic carbocycles. The number of aliphatic hydroxyl groups excluding tert-OH is 1. The van der Waals surface area contributed by atoms with E-state index in [1.807, 2.05) is 66.7 Å². The summed E-state index contributed by atoms with van der Waals surface area (Å²) in [6.07, 6.45) is 4.24. The lowest BCUT2D eigenvalue weighted by Gasteiger charge is -2.07. The van der Waals surface area contributed by atoms with Crippen molar-refractivity contribution in [3.8, 4) is 11.1 Å². The number of carbonyl (C=O) groups excluding carboxylic acids is 1. The molecule has 4 nitrogen and oxygen atoms in total. The molecule has 1 heterocycles. The Morgan fingerprint density at radius 2 is 1.89 bits per heavy atom. The van der Waals surface area contributed by atoms with Crippen molar-refractivity contribution in [3.05, 3.63) is 95.8 Å². The van der Waals surface area contributed by atoms with Crippen LogP contribution in [-0.4, -0.2) is 16.1 Å². The van der Waals surface area contributed by atoms with Gasteiger partial charge in [-0.15, -0.1) is 0 Å². The molecule has 0 saturated heterocycles. The Bertz CT molecular complexity index is 916. The van der Waals surface area contributed by atoms with E-state index in [-0.39, 0.29) is 6.61 Å². The van der Waals surface area contributed by atoms with Gasteiger partial charge in [0.1, 0.15) is 6.61 Å². The maximum absolute atomic E-state index is 11.8. The van der Waals surface area contributed by atoms with E-state index in [1.54, 1.807) is 19.2 Å². The van der Waals surface area contributed by atoms with Gasteiger partial charge in [-0.2, -0.15) is 0 Å². The molecule has 0 aliphatic rings. The summed E-state index contributed by atoms with van der Waals surface area (Å²) in [5.74, 6) is -0.408. The zero-order valence-corrected chi connectivity index (χ0v) is 15.1. The number of esters is 1. The summed E-state index contributed by atoms with van der Waals surface area (Å²) in [5.41, 5.74) is 4.40. The summed E-state index contributed by atoms with van der Waals surface area (Å²) in [6.45, 7) is 1.98. The van der Waals surface area contributed by atoms with Gasteiger partial charge in [0.05, 0.1) is 11.8 Å². The largest absolute Gasteiger partial charge is 0.458 e. The number of ether oxygens (including phenoxy) is 1. The number of pyridine rings is 1. The molecule has 0 fully saturated rings. The van der Waals surface area contributed by atoms with Crippen molar-refractivity contribution in [2.75, 3.05) is 0 Å². The second kappa shape index (κ2) is 8.92. The Hall–Kier alpha value is -3.24. The van der Waals surface area contributed by atoms with Gasteiger partial charge in [-0.3, -0.25) is 4.98 Å². The molecule has 1 atom stereocenters. The van der Waals surface area contributed by atoms with Crippen LogP contribution in [0.4, 0.5) is 0 Å². The average molecular weight is 359 g/mol. The Labute approximate surface area is 158 Å². The fourth-order valence-electron chi connectivity index (χ4n) is 2.58. The Morgan fingerprint density at radius 3 is 2.59 bits per heavy atom. The van der Waals surface area contributed by atoms with Gasteiger partial charge in [0.2, 0.25) is 0 Å². The summed E-state index contributed by atoms with van der Waals surface area (Å²) < 4.78 is 5.20. The van der Waals surface area contributed by atoms with Crippen LogP contribution >= 0.6 is 0 Å². The second-order valence-corrected chi connectivity index (χ2v) is 6.20. The number of aromatic nitrogens is 1. The maximum Gasteiger partial charge on any atom is 0.331 e. The van der Waals surface area contributed by atoms with E-state index in [0.717, 1.165) is 22.3 Å². The Kier molecular flexibility index (Phi) is 6.13. The molecule has 3 rings (SSSR count). The standard InChI is InChI=1S/C23H21NO3/c1-17(25)19-8-5-9-20(14-19)21-10-11-22(24-15-21)12-13-23(26)27-16-18-6-3-2-4-7-18/h2-15,17,25H,16H2,1H3/t17-/m1/s1. The van der Waals surface area contributed by atoms with Gasteiger partial charge >= 0.3 is 5.97 Å². The first-order valence-corrected chi connectivity index (χ1v) is 8.75. The minimum atomic E-state index is -0.512. The highest BCUT2D eigenvalue weighted by Gasteiger charge is 2.04. The Balaban J connectivity index is 1.61. The van der Waals surface area contributed by atoms with Crippen molar-refractivity contribution in [2.45, 2.75) is 19.6 Å². The lowest BCUT2D eigenvalue weighted by atomic mass is 10.0. The van der Waals surface area contributed by atoms with E-state index in [0.29, 0.717) is 5.69 Å². The first kappa shape index (κ1) is 18.5. The fraction of sp³-hybridized carbons (Fsp3) is 0.130. The first-order chi connectivity index (χ1) is 13.1. The maximum atomic E-state index is 11.8. The minimum Gasteiger partial charge on any atom is -0.458 e. The molecule has 4 heteroatoms. The fourth-order valence-corrected chi connectivity index (χ4v) is 2.58. The van der Waals surface area contributed by atoms with E-state index in [2.05, 4.69) is 4.98 Å². The molecule has 0 aliphatic carbocycles. The molecule has 1 aromatic heterocycles. The number of nitrogens with zero attached hydrogens (tertiary/aromatic N) is 1. The van der Waals surface area contributed by atoms with E-state index in [1.165, 1.54) is 6.08 Å². The smallest absolute Gasteiger partial charge is 0.331 e. The van der Waals surface area contributed by atoms with Crippen LogP contribution in [0.5, 0.6) is 0 Å². The molecule has 3 aromatic rings. The topological polar surface area (TPSA) is 59.4 Å². The molecule has 0 radical (unpaired) electrons. The van der Waals surface area contributed by atoms with E-state index < -0.39 is 12.1 Å². The summed E-state index contributed by atoms with van der Waals surface area (Å²) in [7, 11) is 0. The van der Waals surface area contributed by atoms with E-state index in [9.17, 15) is 9.90 Å². The minimum absolute atomic E-state index is 0.246. The number of hydrogen-bond donors (Lipinski definition) is 1. The van der Waals surface area contributed by atoms with E-state index in [4.69, 9.17) is 4.74 Å². The van der Waals surface area contributed by atoms with Gasteiger partial charge in [-0.1, -0.05) is 54.6 Å². The molecule has 0 amide bonds. The average Bonchev–Trinajstić information content (AvgIpc) is 2.72. The number of carbonyl (C=O) groups is 1. The molecule has 0 aliphatic heterocycles. The predicted octanol–water partition coefficient (Wildman–Crippen LogP) is 4.56. The quantitative estimate of drug-likeness (QED) is 0.518. The number of aliphatic hydroxyl groups is 1. The number of benzene rings is 2. The van der Waals surface area contributed by atoms with Crippen molar-refractivity contribution < 1.29 is 14.6 Å². The molecular formula is C23H21NO3. The normalized spacial score (nSPS) is 12.1. The van der Waals surface area contributed by atoms with Gasteiger partial charge < -0.3 is 9.84 Å². The number of rotatable bonds is 6. The monoisotopic (exact) mass is 359 g/mol. The van der Waals surface area contributed by atoms with Crippen LogP contribution in [0.25, 0.3) is 17.2 Å². The first-order valence-electron chi connectivity index (χ1n) is 8.75. The Morgan fingerprint density at radius 1 is 1.07 bits per heavy atom. The summed E-state index contributed by atoms with van der Waals surface area (Å²) in [4.78, 5) is 16.2. The zero-order chi connectivity index (χ0) is 19.1. The van der Waals surface area contributed by atoms with Crippen LogP contribution < -0.4 is 0 Å². The SMILES string of the molecule is C[C@@H](O)c1cccc(-c2ccc(C=CC(=O)OCc3ccccc3)nc2)c1. The van der Waals surface area contributed by atoms with Crippen molar-refractivity contribution in [2.24, 2.45) is 0 Å². The van der Waals surface area contributed by atoms with Crippen LogP contribution in [-0.2, 0) is 16.1 Å².